The lowest BCUT2D eigenvalue weighted by atomic mass is 9.97. The minimum Gasteiger partial charge on any atom is -0.263 e. The maximum Gasteiger partial charge on any atom is 0.0538 e. The Morgan fingerprint density at radius 1 is 1.00 bits per heavy atom. The molecule has 90 valence electrons. The Bertz CT molecular complexity index is 707. The second-order valence-electron chi connectivity index (χ2n) is 5.21. The molecular formula is C16H15NS. The van der Waals surface area contributed by atoms with Gasteiger partial charge in [-0.05, 0) is 36.5 Å². The molecule has 0 radical (unpaired) electrons. The topological polar surface area (TPSA) is 12.9 Å². The molecule has 0 aliphatic heterocycles. The molecule has 3 aromatic rings. The van der Waals surface area contributed by atoms with Gasteiger partial charge in [-0.1, -0.05) is 25.0 Å². The van der Waals surface area contributed by atoms with Crippen molar-refractivity contribution in [1.82, 2.24) is 4.98 Å². The third-order valence-electron chi connectivity index (χ3n) is 4.13. The summed E-state index contributed by atoms with van der Waals surface area (Å²) < 4.78 is 2.72. The smallest absolute Gasteiger partial charge is 0.0538 e. The van der Waals surface area contributed by atoms with Gasteiger partial charge in [-0.15, -0.1) is 11.3 Å². The first-order chi connectivity index (χ1) is 8.92. The summed E-state index contributed by atoms with van der Waals surface area (Å²) in [6.45, 7) is 0. The summed E-state index contributed by atoms with van der Waals surface area (Å²) in [5.74, 6) is 0.803. The number of fused-ring (bicyclic) bond motifs is 3. The number of nitrogens with zero attached hydrogens (tertiary/aromatic N) is 1. The summed E-state index contributed by atoms with van der Waals surface area (Å²) in [4.78, 5) is 4.22. The van der Waals surface area contributed by atoms with E-state index in [-0.39, 0.29) is 0 Å². The Hall–Kier alpha value is -1.41. The molecule has 2 heteroatoms. The van der Waals surface area contributed by atoms with Gasteiger partial charge in [0.25, 0.3) is 0 Å². The van der Waals surface area contributed by atoms with E-state index < -0.39 is 0 Å². The van der Waals surface area contributed by atoms with Crippen LogP contribution in [0.2, 0.25) is 0 Å². The fourth-order valence-corrected chi connectivity index (χ4v) is 4.28. The molecule has 1 aliphatic carbocycles. The van der Waals surface area contributed by atoms with Crippen LogP contribution in [0.3, 0.4) is 0 Å². The van der Waals surface area contributed by atoms with E-state index in [1.54, 1.807) is 5.56 Å². The fourth-order valence-electron chi connectivity index (χ4n) is 3.16. The Morgan fingerprint density at radius 2 is 1.83 bits per heavy atom. The van der Waals surface area contributed by atoms with Crippen LogP contribution in [0, 0.1) is 0 Å². The van der Waals surface area contributed by atoms with Gasteiger partial charge >= 0.3 is 0 Å². The van der Waals surface area contributed by atoms with Gasteiger partial charge in [0.15, 0.2) is 0 Å². The second kappa shape index (κ2) is 4.06. The summed E-state index contributed by atoms with van der Waals surface area (Å²) in [6, 6.07) is 9.19. The molecule has 0 bridgehead atoms. The highest BCUT2D eigenvalue weighted by Crippen LogP contribution is 2.39. The number of rotatable bonds is 1. The van der Waals surface area contributed by atoms with E-state index in [2.05, 4.69) is 29.2 Å². The molecule has 1 aromatic carbocycles. The zero-order valence-electron chi connectivity index (χ0n) is 10.2. The Labute approximate surface area is 110 Å². The highest BCUT2D eigenvalue weighted by Gasteiger charge is 2.17. The van der Waals surface area contributed by atoms with E-state index in [1.165, 1.54) is 45.9 Å². The number of hydrogen-bond donors (Lipinski definition) is 0. The van der Waals surface area contributed by atoms with Gasteiger partial charge < -0.3 is 0 Å². The van der Waals surface area contributed by atoms with Crippen LogP contribution in [0.5, 0.6) is 0 Å². The third kappa shape index (κ3) is 1.56. The van der Waals surface area contributed by atoms with Crippen LogP contribution < -0.4 is 0 Å². The van der Waals surface area contributed by atoms with Crippen LogP contribution in [0.4, 0.5) is 0 Å². The van der Waals surface area contributed by atoms with E-state index >= 15 is 0 Å². The van der Waals surface area contributed by atoms with E-state index in [0.29, 0.717) is 0 Å². The lowest BCUT2D eigenvalue weighted by molar-refractivity contribution is 0.724. The summed E-state index contributed by atoms with van der Waals surface area (Å²) in [6.07, 6.45) is 9.42. The first-order valence-corrected chi connectivity index (χ1v) is 7.50. The number of aromatic nitrogens is 1. The van der Waals surface area contributed by atoms with Gasteiger partial charge in [0, 0.05) is 27.9 Å². The van der Waals surface area contributed by atoms with Gasteiger partial charge in [0.05, 0.1) is 4.70 Å². The maximum absolute atomic E-state index is 4.22. The van der Waals surface area contributed by atoms with Crippen molar-refractivity contribution in [3.8, 4) is 0 Å². The van der Waals surface area contributed by atoms with Gasteiger partial charge in [-0.25, -0.2) is 0 Å². The van der Waals surface area contributed by atoms with E-state index in [0.717, 1.165) is 5.92 Å². The summed E-state index contributed by atoms with van der Waals surface area (Å²) in [5, 5.41) is 2.74. The maximum atomic E-state index is 4.22. The number of benzene rings is 1. The summed E-state index contributed by atoms with van der Waals surface area (Å²) in [5.41, 5.74) is 1.54. The van der Waals surface area contributed by atoms with Gasteiger partial charge in [-0.2, -0.15) is 0 Å². The Morgan fingerprint density at radius 3 is 2.72 bits per heavy atom. The van der Waals surface area contributed by atoms with Crippen molar-refractivity contribution in [1.29, 1.82) is 0 Å². The van der Waals surface area contributed by atoms with Crippen LogP contribution >= 0.6 is 11.3 Å². The van der Waals surface area contributed by atoms with Crippen LogP contribution in [0.1, 0.15) is 37.2 Å². The molecule has 1 saturated carbocycles. The molecule has 2 aromatic heterocycles. The van der Waals surface area contributed by atoms with Crippen molar-refractivity contribution in [2.45, 2.75) is 31.6 Å². The molecule has 0 unspecified atom stereocenters. The molecule has 0 saturated heterocycles. The number of thiophene rings is 1. The van der Waals surface area contributed by atoms with Crippen molar-refractivity contribution >= 4 is 31.5 Å². The molecule has 0 amide bonds. The lowest BCUT2D eigenvalue weighted by Crippen LogP contribution is -1.90. The molecule has 0 atom stereocenters. The zero-order chi connectivity index (χ0) is 11.9. The van der Waals surface area contributed by atoms with Gasteiger partial charge in [0.1, 0.15) is 0 Å². The molecule has 2 heterocycles. The summed E-state index contributed by atoms with van der Waals surface area (Å²) in [7, 11) is 0. The molecule has 0 spiro atoms. The second-order valence-corrected chi connectivity index (χ2v) is 6.29. The molecule has 1 aliphatic rings. The normalized spacial score (nSPS) is 16.9. The SMILES string of the molecule is c1cc2c(cn1)sc1cc(C3CCCC3)ccc12. The van der Waals surface area contributed by atoms with Crippen molar-refractivity contribution in [2.75, 3.05) is 0 Å². The first kappa shape index (κ1) is 10.5. The largest absolute Gasteiger partial charge is 0.263 e. The monoisotopic (exact) mass is 253 g/mol. The average Bonchev–Trinajstić information content (AvgIpc) is 3.05. The minimum atomic E-state index is 0.803. The molecule has 4 rings (SSSR count). The van der Waals surface area contributed by atoms with Gasteiger partial charge in [-0.3, -0.25) is 4.98 Å². The highest BCUT2D eigenvalue weighted by molar-refractivity contribution is 7.25. The lowest BCUT2D eigenvalue weighted by Gasteiger charge is -2.08. The number of hydrogen-bond acceptors (Lipinski definition) is 2. The first-order valence-electron chi connectivity index (χ1n) is 6.68. The molecule has 0 N–H and O–H groups in total. The van der Waals surface area contributed by atoms with E-state index in [4.69, 9.17) is 0 Å². The minimum absolute atomic E-state index is 0.803. The van der Waals surface area contributed by atoms with Crippen molar-refractivity contribution < 1.29 is 0 Å². The third-order valence-corrected chi connectivity index (χ3v) is 5.23. The van der Waals surface area contributed by atoms with E-state index in [9.17, 15) is 0 Å². The van der Waals surface area contributed by atoms with Gasteiger partial charge in [0.2, 0.25) is 0 Å². The van der Waals surface area contributed by atoms with Crippen molar-refractivity contribution in [2.24, 2.45) is 0 Å². The standard InChI is InChI=1S/C16H15NS/c1-2-4-11(3-1)12-5-6-13-14-7-8-17-10-16(14)18-15(13)9-12/h5-11H,1-4H2. The molecule has 18 heavy (non-hydrogen) atoms. The Balaban J connectivity index is 1.92. The molecule has 1 fully saturated rings. The quantitative estimate of drug-likeness (QED) is 0.587. The predicted octanol–water partition coefficient (Wildman–Crippen LogP) is 5.11. The fraction of sp³-hybridized carbons (Fsp3) is 0.312. The van der Waals surface area contributed by atoms with Crippen molar-refractivity contribution in [3.05, 3.63) is 42.2 Å². The van der Waals surface area contributed by atoms with E-state index in [1.807, 2.05) is 23.7 Å². The van der Waals surface area contributed by atoms with Crippen molar-refractivity contribution in [3.63, 3.8) is 0 Å². The van der Waals surface area contributed by atoms with Crippen LogP contribution in [0.25, 0.3) is 20.2 Å². The zero-order valence-corrected chi connectivity index (χ0v) is 11.0. The highest BCUT2D eigenvalue weighted by atomic mass is 32.1. The Kier molecular flexibility index (Phi) is 2.37. The molecular weight excluding hydrogens is 238 g/mol. The average molecular weight is 253 g/mol. The van der Waals surface area contributed by atoms with Crippen LogP contribution in [-0.2, 0) is 0 Å². The van der Waals surface area contributed by atoms with Crippen LogP contribution in [0.15, 0.2) is 36.7 Å². The van der Waals surface area contributed by atoms with Crippen LogP contribution in [-0.4, -0.2) is 4.98 Å². The molecule has 1 nitrogen and oxygen atoms in total. The summed E-state index contributed by atoms with van der Waals surface area (Å²) >= 11 is 1.87. The number of pyridine rings is 1. The predicted molar refractivity (Wildman–Crippen MR) is 78.3 cm³/mol.